The molecular weight excluding hydrogens is 235 g/mol. The molecule has 1 aromatic carbocycles. The third kappa shape index (κ3) is 4.81. The highest BCUT2D eigenvalue weighted by molar-refractivity contribution is 5.94. The van der Waals surface area contributed by atoms with Gasteiger partial charge in [-0.15, -0.1) is 0 Å². The van der Waals surface area contributed by atoms with Gasteiger partial charge in [0, 0.05) is 32.3 Å². The number of carbonyl (C=O) groups is 1. The fourth-order valence-electron chi connectivity index (χ4n) is 1.45. The second kappa shape index (κ2) is 7.79. The molecule has 0 fully saturated rings. The van der Waals surface area contributed by atoms with Crippen molar-refractivity contribution in [1.29, 1.82) is 0 Å². The normalized spacial score (nSPS) is 10.4. The largest absolute Gasteiger partial charge is 0.383 e. The summed E-state index contributed by atoms with van der Waals surface area (Å²) in [6, 6.07) is 4.33. The third-order valence-electron chi connectivity index (χ3n) is 2.49. The monoisotopic (exact) mass is 254 g/mol. The lowest BCUT2D eigenvalue weighted by Crippen LogP contribution is -2.33. The van der Waals surface area contributed by atoms with Crippen molar-refractivity contribution >= 4 is 5.91 Å². The van der Waals surface area contributed by atoms with Crippen LogP contribution in [0.15, 0.2) is 18.2 Å². The van der Waals surface area contributed by atoms with Gasteiger partial charge in [0.1, 0.15) is 5.82 Å². The van der Waals surface area contributed by atoms with Gasteiger partial charge in [0.2, 0.25) is 0 Å². The van der Waals surface area contributed by atoms with E-state index in [1.165, 1.54) is 12.1 Å². The zero-order valence-electron chi connectivity index (χ0n) is 10.8. The summed E-state index contributed by atoms with van der Waals surface area (Å²) < 4.78 is 17.9. The first-order chi connectivity index (χ1) is 8.65. The quantitative estimate of drug-likeness (QED) is 0.716. The number of rotatable bonds is 7. The molecule has 0 heterocycles. The van der Waals surface area contributed by atoms with Crippen LogP contribution in [0, 0.1) is 12.7 Å². The standard InChI is InChI=1S/C13H19FN2O2/c1-10-9-11(3-4-12(10)14)13(17)16-6-5-15-7-8-18-2/h3-4,9,15H,5-8H2,1-2H3,(H,16,17). The van der Waals surface area contributed by atoms with E-state index in [-0.39, 0.29) is 11.7 Å². The molecule has 0 saturated heterocycles. The lowest BCUT2D eigenvalue weighted by molar-refractivity contribution is 0.0953. The molecule has 2 N–H and O–H groups in total. The predicted octanol–water partition coefficient (Wildman–Crippen LogP) is 1.10. The minimum atomic E-state index is -0.298. The maximum absolute atomic E-state index is 13.0. The lowest BCUT2D eigenvalue weighted by Gasteiger charge is -2.07. The summed E-state index contributed by atoms with van der Waals surface area (Å²) in [7, 11) is 1.64. The van der Waals surface area contributed by atoms with Crippen LogP contribution in [0.3, 0.4) is 0 Å². The summed E-state index contributed by atoms with van der Waals surface area (Å²) in [6.45, 7) is 4.24. The molecule has 0 spiro atoms. The van der Waals surface area contributed by atoms with Crippen LogP contribution in [-0.2, 0) is 4.74 Å². The Kier molecular flexibility index (Phi) is 6.32. The minimum Gasteiger partial charge on any atom is -0.383 e. The molecule has 0 bridgehead atoms. The lowest BCUT2D eigenvalue weighted by atomic mass is 10.1. The van der Waals surface area contributed by atoms with E-state index in [9.17, 15) is 9.18 Å². The van der Waals surface area contributed by atoms with Crippen molar-refractivity contribution < 1.29 is 13.9 Å². The molecule has 4 nitrogen and oxygen atoms in total. The van der Waals surface area contributed by atoms with Crippen LogP contribution in [0.4, 0.5) is 4.39 Å². The van der Waals surface area contributed by atoms with Crippen molar-refractivity contribution in [3.8, 4) is 0 Å². The van der Waals surface area contributed by atoms with Crippen LogP contribution in [0.5, 0.6) is 0 Å². The second-order valence-corrected chi connectivity index (χ2v) is 3.96. The van der Waals surface area contributed by atoms with Gasteiger partial charge in [-0.25, -0.2) is 4.39 Å². The highest BCUT2D eigenvalue weighted by atomic mass is 19.1. The Labute approximate surface area is 107 Å². The molecule has 0 atom stereocenters. The number of hydrogen-bond donors (Lipinski definition) is 2. The smallest absolute Gasteiger partial charge is 0.251 e. The average Bonchev–Trinajstić information content (AvgIpc) is 2.36. The van der Waals surface area contributed by atoms with E-state index in [1.54, 1.807) is 20.1 Å². The van der Waals surface area contributed by atoms with Crippen LogP contribution in [-0.4, -0.2) is 39.3 Å². The van der Waals surface area contributed by atoms with Gasteiger partial charge in [0.05, 0.1) is 6.61 Å². The van der Waals surface area contributed by atoms with Crippen LogP contribution < -0.4 is 10.6 Å². The van der Waals surface area contributed by atoms with Crippen molar-refractivity contribution in [1.82, 2.24) is 10.6 Å². The first-order valence-electron chi connectivity index (χ1n) is 5.89. The minimum absolute atomic E-state index is 0.188. The van der Waals surface area contributed by atoms with E-state index < -0.39 is 0 Å². The maximum Gasteiger partial charge on any atom is 0.251 e. The molecule has 0 radical (unpaired) electrons. The van der Waals surface area contributed by atoms with Crippen molar-refractivity contribution in [3.63, 3.8) is 0 Å². The SMILES string of the molecule is COCCNCCNC(=O)c1ccc(F)c(C)c1. The highest BCUT2D eigenvalue weighted by Crippen LogP contribution is 2.08. The molecule has 0 saturated carbocycles. The number of nitrogens with one attached hydrogen (secondary N) is 2. The number of benzene rings is 1. The number of ether oxygens (including phenoxy) is 1. The van der Waals surface area contributed by atoms with E-state index >= 15 is 0 Å². The van der Waals surface area contributed by atoms with Crippen LogP contribution in [0.2, 0.25) is 0 Å². The van der Waals surface area contributed by atoms with Gasteiger partial charge in [0.15, 0.2) is 0 Å². The number of hydrogen-bond acceptors (Lipinski definition) is 3. The molecule has 5 heteroatoms. The zero-order chi connectivity index (χ0) is 13.4. The van der Waals surface area contributed by atoms with Crippen molar-refractivity contribution in [2.75, 3.05) is 33.4 Å². The molecule has 100 valence electrons. The molecule has 0 aliphatic heterocycles. The fourth-order valence-corrected chi connectivity index (χ4v) is 1.45. The van der Waals surface area contributed by atoms with Gasteiger partial charge in [-0.1, -0.05) is 0 Å². The molecule has 1 amide bonds. The van der Waals surface area contributed by atoms with Crippen molar-refractivity contribution in [2.24, 2.45) is 0 Å². The Bertz CT molecular complexity index is 397. The molecule has 0 unspecified atom stereocenters. The summed E-state index contributed by atoms with van der Waals surface area (Å²) in [5, 5.41) is 5.87. The summed E-state index contributed by atoms with van der Waals surface area (Å²) in [5.74, 6) is -0.487. The average molecular weight is 254 g/mol. The van der Waals surface area contributed by atoms with E-state index in [4.69, 9.17) is 4.74 Å². The molecule has 18 heavy (non-hydrogen) atoms. The molecule has 1 rings (SSSR count). The predicted molar refractivity (Wildman–Crippen MR) is 68.2 cm³/mol. The van der Waals surface area contributed by atoms with Crippen LogP contribution in [0.25, 0.3) is 0 Å². The number of amides is 1. The Morgan fingerprint density at radius 1 is 1.33 bits per heavy atom. The second-order valence-electron chi connectivity index (χ2n) is 3.96. The van der Waals surface area contributed by atoms with Crippen molar-refractivity contribution in [2.45, 2.75) is 6.92 Å². The van der Waals surface area contributed by atoms with Gasteiger partial charge in [0.25, 0.3) is 5.91 Å². The third-order valence-corrected chi connectivity index (χ3v) is 2.49. The number of aryl methyl sites for hydroxylation is 1. The molecular formula is C13H19FN2O2. The van der Waals surface area contributed by atoms with Gasteiger partial charge in [-0.3, -0.25) is 4.79 Å². The Balaban J connectivity index is 2.30. The van der Waals surface area contributed by atoms with Crippen molar-refractivity contribution in [3.05, 3.63) is 35.1 Å². The van der Waals surface area contributed by atoms with E-state index in [0.717, 1.165) is 6.54 Å². The molecule has 0 aliphatic rings. The Morgan fingerprint density at radius 2 is 2.11 bits per heavy atom. The van der Waals surface area contributed by atoms with Crippen LogP contribution >= 0.6 is 0 Å². The molecule has 1 aromatic rings. The van der Waals surface area contributed by atoms with Gasteiger partial charge >= 0.3 is 0 Å². The number of methoxy groups -OCH3 is 1. The van der Waals surface area contributed by atoms with Gasteiger partial charge in [-0.2, -0.15) is 0 Å². The first kappa shape index (κ1) is 14.6. The first-order valence-corrected chi connectivity index (χ1v) is 5.89. The van der Waals surface area contributed by atoms with E-state index in [0.29, 0.717) is 30.8 Å². The maximum atomic E-state index is 13.0. The number of carbonyl (C=O) groups excluding carboxylic acids is 1. The molecule has 0 aromatic heterocycles. The zero-order valence-corrected chi connectivity index (χ0v) is 10.8. The topological polar surface area (TPSA) is 50.4 Å². The van der Waals surface area contributed by atoms with E-state index in [2.05, 4.69) is 10.6 Å². The summed E-state index contributed by atoms with van der Waals surface area (Å²) >= 11 is 0. The van der Waals surface area contributed by atoms with Crippen LogP contribution in [0.1, 0.15) is 15.9 Å². The summed E-state index contributed by atoms with van der Waals surface area (Å²) in [5.41, 5.74) is 0.951. The summed E-state index contributed by atoms with van der Waals surface area (Å²) in [4.78, 5) is 11.7. The Hall–Kier alpha value is -1.46. The van der Waals surface area contributed by atoms with E-state index in [1.807, 2.05) is 0 Å². The van der Waals surface area contributed by atoms with Gasteiger partial charge < -0.3 is 15.4 Å². The molecule has 0 aliphatic carbocycles. The fraction of sp³-hybridized carbons (Fsp3) is 0.462. The number of halogens is 1. The Morgan fingerprint density at radius 3 is 2.78 bits per heavy atom. The van der Waals surface area contributed by atoms with Gasteiger partial charge in [-0.05, 0) is 30.7 Å². The summed E-state index contributed by atoms with van der Waals surface area (Å²) in [6.07, 6.45) is 0. The highest BCUT2D eigenvalue weighted by Gasteiger charge is 2.06.